The van der Waals surface area contributed by atoms with Crippen LogP contribution >= 0.6 is 11.3 Å². The number of carbonyl (C=O) groups is 1. The number of imidazole rings is 1. The zero-order valence-electron chi connectivity index (χ0n) is 15.7. The molecule has 1 amide bonds. The topological polar surface area (TPSA) is 93.1 Å². The zero-order valence-corrected chi connectivity index (χ0v) is 17.3. The molecule has 29 heavy (non-hydrogen) atoms. The second kappa shape index (κ2) is 8.48. The molecule has 1 fully saturated rings. The fraction of sp³-hybridized carbons (Fsp3) is 0.300. The van der Waals surface area contributed by atoms with Crippen molar-refractivity contribution in [2.75, 3.05) is 0 Å². The molecule has 2 heterocycles. The van der Waals surface area contributed by atoms with Gasteiger partial charge in [-0.25, -0.2) is 18.1 Å². The van der Waals surface area contributed by atoms with Crippen LogP contribution in [-0.4, -0.2) is 29.9 Å². The molecule has 2 atom stereocenters. The third-order valence-electron chi connectivity index (χ3n) is 5.13. The van der Waals surface area contributed by atoms with Crippen molar-refractivity contribution in [1.82, 2.24) is 19.6 Å². The van der Waals surface area contributed by atoms with E-state index >= 15 is 0 Å². The Morgan fingerprint density at radius 1 is 1.24 bits per heavy atom. The number of benzene rings is 1. The average Bonchev–Trinajstić information content (AvgIpc) is 3.48. The van der Waals surface area contributed by atoms with Crippen LogP contribution in [0.5, 0.6) is 0 Å². The molecule has 9 heteroatoms. The van der Waals surface area contributed by atoms with Crippen LogP contribution < -0.4 is 10.0 Å². The number of aromatic nitrogens is 2. The molecule has 0 aliphatic heterocycles. The van der Waals surface area contributed by atoms with Crippen molar-refractivity contribution in [3.63, 3.8) is 0 Å². The van der Waals surface area contributed by atoms with Gasteiger partial charge < -0.3 is 9.88 Å². The fourth-order valence-electron chi connectivity index (χ4n) is 3.65. The van der Waals surface area contributed by atoms with Crippen LogP contribution in [0.1, 0.15) is 40.5 Å². The Bertz CT molecular complexity index is 1060. The van der Waals surface area contributed by atoms with E-state index in [0.717, 1.165) is 24.1 Å². The van der Waals surface area contributed by atoms with Gasteiger partial charge in [0.2, 0.25) is 10.0 Å². The van der Waals surface area contributed by atoms with Gasteiger partial charge in [-0.2, -0.15) is 0 Å². The highest BCUT2D eigenvalue weighted by Gasteiger charge is 2.30. The standard InChI is InChI=1S/C20H22N4O3S2/c25-20(23-18-7-2-8-19(18)24-10-9-21-14-24)15-4-1-6-17(12-15)29(26,27)22-13-16-5-3-11-28-16/h1,3-6,9-12,14,18-19,22H,2,7-8,13H2,(H,23,25). The molecule has 3 aromatic rings. The summed E-state index contributed by atoms with van der Waals surface area (Å²) in [5.74, 6) is -0.266. The number of nitrogens with zero attached hydrogens (tertiary/aromatic N) is 2. The first-order chi connectivity index (χ1) is 14.0. The van der Waals surface area contributed by atoms with Crippen molar-refractivity contribution < 1.29 is 13.2 Å². The molecule has 1 aliphatic carbocycles. The van der Waals surface area contributed by atoms with Crippen LogP contribution in [0.25, 0.3) is 0 Å². The van der Waals surface area contributed by atoms with Gasteiger partial charge in [-0.3, -0.25) is 4.79 Å². The molecule has 0 radical (unpaired) electrons. The lowest BCUT2D eigenvalue weighted by molar-refractivity contribution is 0.0928. The first kappa shape index (κ1) is 19.8. The maximum absolute atomic E-state index is 12.8. The van der Waals surface area contributed by atoms with E-state index in [1.54, 1.807) is 24.7 Å². The minimum Gasteiger partial charge on any atom is -0.347 e. The lowest BCUT2D eigenvalue weighted by atomic mass is 10.1. The summed E-state index contributed by atoms with van der Waals surface area (Å²) in [6.07, 6.45) is 8.28. The summed E-state index contributed by atoms with van der Waals surface area (Å²) in [7, 11) is -3.70. The molecule has 2 unspecified atom stereocenters. The van der Waals surface area contributed by atoms with E-state index in [4.69, 9.17) is 0 Å². The van der Waals surface area contributed by atoms with Crippen molar-refractivity contribution >= 4 is 27.3 Å². The maximum atomic E-state index is 12.8. The monoisotopic (exact) mass is 430 g/mol. The smallest absolute Gasteiger partial charge is 0.251 e. The Morgan fingerprint density at radius 3 is 2.90 bits per heavy atom. The van der Waals surface area contributed by atoms with Gasteiger partial charge in [0, 0.05) is 35.4 Å². The van der Waals surface area contributed by atoms with Crippen LogP contribution in [0.15, 0.2) is 65.4 Å². The summed E-state index contributed by atoms with van der Waals surface area (Å²) in [5, 5.41) is 4.96. The predicted octanol–water partition coefficient (Wildman–Crippen LogP) is 2.95. The maximum Gasteiger partial charge on any atom is 0.251 e. The minimum absolute atomic E-state index is 0.00563. The van der Waals surface area contributed by atoms with Gasteiger partial charge in [0.05, 0.1) is 17.3 Å². The van der Waals surface area contributed by atoms with Crippen molar-refractivity contribution in [2.45, 2.75) is 42.8 Å². The summed E-state index contributed by atoms with van der Waals surface area (Å²) in [6.45, 7) is 0.227. The largest absolute Gasteiger partial charge is 0.347 e. The second-order valence-electron chi connectivity index (χ2n) is 7.02. The lowest BCUT2D eigenvalue weighted by Crippen LogP contribution is -2.38. The Balaban J connectivity index is 1.45. The van der Waals surface area contributed by atoms with Gasteiger partial charge >= 0.3 is 0 Å². The summed E-state index contributed by atoms with van der Waals surface area (Å²) in [4.78, 5) is 17.9. The van der Waals surface area contributed by atoms with E-state index < -0.39 is 10.0 Å². The molecule has 4 rings (SSSR count). The second-order valence-corrected chi connectivity index (χ2v) is 9.82. The molecule has 2 N–H and O–H groups in total. The van der Waals surface area contributed by atoms with Gasteiger partial charge in [-0.05, 0) is 48.9 Å². The molecular formula is C20H22N4O3S2. The average molecular weight is 431 g/mol. The van der Waals surface area contributed by atoms with Crippen LogP contribution in [-0.2, 0) is 16.6 Å². The quantitative estimate of drug-likeness (QED) is 0.603. The number of rotatable bonds is 7. The number of thiophene rings is 1. The number of nitrogens with one attached hydrogen (secondary N) is 2. The predicted molar refractivity (Wildman–Crippen MR) is 111 cm³/mol. The van der Waals surface area contributed by atoms with Gasteiger partial charge in [-0.15, -0.1) is 11.3 Å². The molecule has 1 aromatic carbocycles. The number of carbonyl (C=O) groups excluding carboxylic acids is 1. The lowest BCUT2D eigenvalue weighted by Gasteiger charge is -2.22. The van der Waals surface area contributed by atoms with Crippen LogP contribution in [0.4, 0.5) is 0 Å². The third kappa shape index (κ3) is 4.58. The normalized spacial score (nSPS) is 19.3. The van der Waals surface area contributed by atoms with Gasteiger partial charge in [-0.1, -0.05) is 12.1 Å². The molecule has 0 saturated heterocycles. The molecule has 1 aliphatic rings. The number of hydrogen-bond acceptors (Lipinski definition) is 5. The summed E-state index contributed by atoms with van der Waals surface area (Å²) in [6, 6.07) is 10.1. The fourth-order valence-corrected chi connectivity index (χ4v) is 5.44. The minimum atomic E-state index is -3.70. The highest BCUT2D eigenvalue weighted by molar-refractivity contribution is 7.89. The highest BCUT2D eigenvalue weighted by atomic mass is 32.2. The molecule has 152 valence electrons. The Morgan fingerprint density at radius 2 is 2.14 bits per heavy atom. The first-order valence-electron chi connectivity index (χ1n) is 9.43. The number of hydrogen-bond donors (Lipinski definition) is 2. The molecule has 0 bridgehead atoms. The first-order valence-corrected chi connectivity index (χ1v) is 11.8. The van der Waals surface area contributed by atoms with E-state index in [9.17, 15) is 13.2 Å². The number of sulfonamides is 1. The van der Waals surface area contributed by atoms with E-state index in [2.05, 4.69) is 15.0 Å². The van der Waals surface area contributed by atoms with Crippen LogP contribution in [0, 0.1) is 0 Å². The Kier molecular flexibility index (Phi) is 5.79. The van der Waals surface area contributed by atoms with Gasteiger partial charge in [0.15, 0.2) is 0 Å². The molecule has 0 spiro atoms. The summed E-state index contributed by atoms with van der Waals surface area (Å²) < 4.78 is 29.8. The van der Waals surface area contributed by atoms with E-state index in [0.29, 0.717) is 5.56 Å². The van der Waals surface area contributed by atoms with Crippen molar-refractivity contribution in [3.8, 4) is 0 Å². The van der Waals surface area contributed by atoms with Gasteiger partial charge in [0.1, 0.15) is 0 Å². The van der Waals surface area contributed by atoms with Crippen LogP contribution in [0.3, 0.4) is 0 Å². The van der Waals surface area contributed by atoms with E-state index in [-0.39, 0.29) is 29.4 Å². The SMILES string of the molecule is O=C(NC1CCCC1n1ccnc1)c1cccc(S(=O)(=O)NCc2cccs2)c1. The molecule has 7 nitrogen and oxygen atoms in total. The molecular weight excluding hydrogens is 408 g/mol. The van der Waals surface area contributed by atoms with Crippen molar-refractivity contribution in [2.24, 2.45) is 0 Å². The summed E-state index contributed by atoms with van der Waals surface area (Å²) in [5.41, 5.74) is 0.334. The summed E-state index contributed by atoms with van der Waals surface area (Å²) >= 11 is 1.49. The van der Waals surface area contributed by atoms with Crippen molar-refractivity contribution in [3.05, 3.63) is 70.9 Å². The van der Waals surface area contributed by atoms with E-state index in [1.807, 2.05) is 28.3 Å². The molecule has 2 aromatic heterocycles. The Hall–Kier alpha value is -2.49. The Labute approximate surface area is 173 Å². The van der Waals surface area contributed by atoms with Crippen LogP contribution in [0.2, 0.25) is 0 Å². The third-order valence-corrected chi connectivity index (χ3v) is 7.40. The van der Waals surface area contributed by atoms with E-state index in [1.165, 1.54) is 23.5 Å². The van der Waals surface area contributed by atoms with Gasteiger partial charge in [0.25, 0.3) is 5.91 Å². The highest BCUT2D eigenvalue weighted by Crippen LogP contribution is 2.30. The zero-order chi connectivity index (χ0) is 20.3. The van der Waals surface area contributed by atoms with Crippen molar-refractivity contribution in [1.29, 1.82) is 0 Å². The molecule has 1 saturated carbocycles. The number of amides is 1.